The molecule has 25 heavy (non-hydrogen) atoms. The first-order valence-electron chi connectivity index (χ1n) is 8.62. The minimum Gasteiger partial charge on any atom is -0.469 e. The molecule has 2 unspecified atom stereocenters. The lowest BCUT2D eigenvalue weighted by molar-refractivity contribution is -0.151. The Morgan fingerprint density at radius 2 is 1.68 bits per heavy atom. The van der Waals surface area contributed by atoms with Crippen molar-refractivity contribution in [1.29, 1.82) is 0 Å². The van der Waals surface area contributed by atoms with Crippen molar-refractivity contribution in [1.82, 2.24) is 5.32 Å². The lowest BCUT2D eigenvalue weighted by atomic mass is 9.73. The Balaban J connectivity index is 5.80. The van der Waals surface area contributed by atoms with Crippen molar-refractivity contribution in [2.45, 2.75) is 59.9 Å². The zero-order valence-electron chi connectivity index (χ0n) is 16.6. The average molecular weight is 354 g/mol. The molecule has 0 aromatic rings. The average Bonchev–Trinajstić information content (AvgIpc) is 2.48. The largest absolute Gasteiger partial charge is 0.469 e. The van der Waals surface area contributed by atoms with Crippen molar-refractivity contribution in [2.24, 2.45) is 28.9 Å². The molecule has 144 valence electrons. The second-order valence-corrected chi connectivity index (χ2v) is 8.12. The number of hydrogen-bond donors (Lipinski definition) is 2. The smallest absolute Gasteiger partial charge is 0.309 e. The Morgan fingerprint density at radius 3 is 2.00 bits per heavy atom. The molecule has 6 nitrogen and oxygen atoms in total. The summed E-state index contributed by atoms with van der Waals surface area (Å²) in [5.74, 6) is -2.55. The number of methoxy groups -OCH3 is 1. The number of primary amides is 1. The topological polar surface area (TPSA) is 98.5 Å². The minimum atomic E-state index is -1.24. The number of carbonyl (C=O) groups is 3. The molecule has 0 radical (unpaired) electrons. The van der Waals surface area contributed by atoms with Crippen molar-refractivity contribution in [3.63, 3.8) is 0 Å². The minimum absolute atomic E-state index is 0.183. The molecule has 0 aliphatic rings. The maximum absolute atomic E-state index is 13.0. The molecular weight excluding hydrogens is 320 g/mol. The van der Waals surface area contributed by atoms with Crippen LogP contribution in [0.15, 0.2) is 12.7 Å². The highest BCUT2D eigenvalue weighted by atomic mass is 16.5. The van der Waals surface area contributed by atoms with Crippen LogP contribution in [-0.2, 0) is 19.1 Å². The SMILES string of the molecule is C=CC[C@H](C(=O)OC)C(CC(C)C)C(=O)NC(C)(C(N)=O)C(C)(C)C. The number of carbonyl (C=O) groups excluding carboxylic acids is 3. The van der Waals surface area contributed by atoms with E-state index >= 15 is 0 Å². The summed E-state index contributed by atoms with van der Waals surface area (Å²) in [5.41, 5.74) is 3.74. The van der Waals surface area contributed by atoms with Gasteiger partial charge in [0, 0.05) is 0 Å². The van der Waals surface area contributed by atoms with Crippen molar-refractivity contribution in [2.75, 3.05) is 7.11 Å². The summed E-state index contributed by atoms with van der Waals surface area (Å²) < 4.78 is 4.86. The first-order chi connectivity index (χ1) is 11.3. The number of ether oxygens (including phenoxy) is 1. The van der Waals surface area contributed by atoms with Gasteiger partial charge in [-0.1, -0.05) is 40.7 Å². The summed E-state index contributed by atoms with van der Waals surface area (Å²) >= 11 is 0. The van der Waals surface area contributed by atoms with E-state index in [0.717, 1.165) is 0 Å². The van der Waals surface area contributed by atoms with Gasteiger partial charge in [0.25, 0.3) is 0 Å². The van der Waals surface area contributed by atoms with Gasteiger partial charge in [-0.3, -0.25) is 14.4 Å². The summed E-state index contributed by atoms with van der Waals surface area (Å²) in [7, 11) is 1.30. The molecule has 0 bridgehead atoms. The molecule has 0 saturated carbocycles. The quantitative estimate of drug-likeness (QED) is 0.491. The molecular formula is C19H34N2O4. The molecule has 0 fully saturated rings. The van der Waals surface area contributed by atoms with Gasteiger partial charge in [0.15, 0.2) is 0 Å². The first-order valence-corrected chi connectivity index (χ1v) is 8.62. The maximum Gasteiger partial charge on any atom is 0.309 e. The molecule has 0 saturated heterocycles. The lowest BCUT2D eigenvalue weighted by Gasteiger charge is -2.41. The Kier molecular flexibility index (Phi) is 8.35. The number of hydrogen-bond acceptors (Lipinski definition) is 4. The Labute approximate surface area is 151 Å². The second kappa shape index (κ2) is 9.02. The molecule has 3 N–H and O–H groups in total. The Hall–Kier alpha value is -1.85. The molecule has 0 heterocycles. The fraction of sp³-hybridized carbons (Fsp3) is 0.737. The number of esters is 1. The van der Waals surface area contributed by atoms with Crippen LogP contribution in [0.1, 0.15) is 54.4 Å². The van der Waals surface area contributed by atoms with Gasteiger partial charge in [0.05, 0.1) is 18.9 Å². The van der Waals surface area contributed by atoms with E-state index < -0.39 is 34.7 Å². The number of rotatable bonds is 9. The fourth-order valence-electron chi connectivity index (χ4n) is 2.68. The lowest BCUT2D eigenvalue weighted by Crippen LogP contribution is -2.64. The van der Waals surface area contributed by atoms with Gasteiger partial charge in [-0.2, -0.15) is 0 Å². The van der Waals surface area contributed by atoms with E-state index in [1.54, 1.807) is 13.0 Å². The normalized spacial score (nSPS) is 16.5. The first kappa shape index (κ1) is 23.1. The Bertz CT molecular complexity index is 508. The summed E-state index contributed by atoms with van der Waals surface area (Å²) in [5, 5.41) is 2.80. The van der Waals surface area contributed by atoms with Gasteiger partial charge < -0.3 is 15.8 Å². The van der Waals surface area contributed by atoms with Gasteiger partial charge in [-0.25, -0.2) is 0 Å². The van der Waals surface area contributed by atoms with Crippen molar-refractivity contribution < 1.29 is 19.1 Å². The fourth-order valence-corrected chi connectivity index (χ4v) is 2.68. The summed E-state index contributed by atoms with van der Waals surface area (Å²) in [6.07, 6.45) is 2.40. The molecule has 0 aromatic heterocycles. The van der Waals surface area contributed by atoms with E-state index in [-0.39, 0.29) is 11.8 Å². The van der Waals surface area contributed by atoms with Gasteiger partial charge >= 0.3 is 5.97 Å². The third kappa shape index (κ3) is 5.87. The Morgan fingerprint density at radius 1 is 1.16 bits per heavy atom. The highest BCUT2D eigenvalue weighted by Crippen LogP contribution is 2.32. The second-order valence-electron chi connectivity index (χ2n) is 8.12. The van der Waals surface area contributed by atoms with Gasteiger partial charge in [0.2, 0.25) is 11.8 Å². The predicted molar refractivity (Wildman–Crippen MR) is 98.5 cm³/mol. The molecule has 6 heteroatoms. The monoisotopic (exact) mass is 354 g/mol. The molecule has 2 amide bonds. The molecule has 0 aliphatic carbocycles. The van der Waals surface area contributed by atoms with Crippen LogP contribution in [0.5, 0.6) is 0 Å². The number of allylic oxidation sites excluding steroid dienone is 1. The predicted octanol–water partition coefficient (Wildman–Crippen LogP) is 2.42. The van der Waals surface area contributed by atoms with Crippen LogP contribution in [0.2, 0.25) is 0 Å². The van der Waals surface area contributed by atoms with Crippen LogP contribution < -0.4 is 11.1 Å². The summed E-state index contributed by atoms with van der Waals surface area (Å²) in [4.78, 5) is 37.2. The van der Waals surface area contributed by atoms with Crippen LogP contribution in [0.4, 0.5) is 0 Å². The third-order valence-corrected chi connectivity index (χ3v) is 4.84. The standard InChI is InChI=1S/C19H34N2O4/c1-9-10-13(16(23)25-8)14(11-12(2)3)15(22)21-19(7,17(20)24)18(4,5)6/h9,12-14H,1,10-11H2,2-8H3,(H2,20,24)(H,21,22)/t13-,14?,19?/m0/s1. The molecule has 0 spiro atoms. The van der Waals surface area contributed by atoms with E-state index in [0.29, 0.717) is 12.8 Å². The van der Waals surface area contributed by atoms with Crippen molar-refractivity contribution in [3.8, 4) is 0 Å². The van der Waals surface area contributed by atoms with Crippen LogP contribution in [0.25, 0.3) is 0 Å². The number of amides is 2. The van der Waals surface area contributed by atoms with Gasteiger partial charge in [-0.15, -0.1) is 6.58 Å². The van der Waals surface area contributed by atoms with E-state index in [1.807, 2.05) is 34.6 Å². The molecule has 0 aliphatic heterocycles. The summed E-state index contributed by atoms with van der Waals surface area (Å²) in [6.45, 7) is 14.7. The number of nitrogens with one attached hydrogen (secondary N) is 1. The zero-order valence-corrected chi connectivity index (χ0v) is 16.6. The molecule has 0 aromatic carbocycles. The maximum atomic E-state index is 13.0. The molecule has 0 rings (SSSR count). The third-order valence-electron chi connectivity index (χ3n) is 4.84. The summed E-state index contributed by atoms with van der Waals surface area (Å²) in [6, 6.07) is 0. The van der Waals surface area contributed by atoms with Crippen LogP contribution in [0, 0.1) is 23.2 Å². The zero-order chi connectivity index (χ0) is 20.0. The van der Waals surface area contributed by atoms with E-state index in [4.69, 9.17) is 10.5 Å². The van der Waals surface area contributed by atoms with Crippen LogP contribution in [-0.4, -0.2) is 30.4 Å². The van der Waals surface area contributed by atoms with E-state index in [1.165, 1.54) is 7.11 Å². The van der Waals surface area contributed by atoms with Gasteiger partial charge in [-0.05, 0) is 31.1 Å². The van der Waals surface area contributed by atoms with Gasteiger partial charge in [0.1, 0.15) is 5.54 Å². The van der Waals surface area contributed by atoms with Crippen molar-refractivity contribution >= 4 is 17.8 Å². The van der Waals surface area contributed by atoms with Crippen molar-refractivity contribution in [3.05, 3.63) is 12.7 Å². The van der Waals surface area contributed by atoms with E-state index in [9.17, 15) is 14.4 Å². The van der Waals surface area contributed by atoms with E-state index in [2.05, 4.69) is 11.9 Å². The highest BCUT2D eigenvalue weighted by Gasteiger charge is 2.46. The highest BCUT2D eigenvalue weighted by molar-refractivity contribution is 5.93. The van der Waals surface area contributed by atoms with Crippen LogP contribution in [0.3, 0.4) is 0 Å². The number of nitrogens with two attached hydrogens (primary N) is 1. The molecule has 3 atom stereocenters. The van der Waals surface area contributed by atoms with Crippen LogP contribution >= 0.6 is 0 Å².